The van der Waals surface area contributed by atoms with Crippen molar-refractivity contribution < 1.29 is 9.36 Å². The molecule has 1 aromatic heterocycles. The van der Waals surface area contributed by atoms with Gasteiger partial charge in [0.25, 0.3) is 0 Å². The number of fused-ring (bicyclic) bond motifs is 1. The Hall–Kier alpha value is -3.20. The molecule has 3 aromatic rings. The van der Waals surface area contributed by atoms with Crippen molar-refractivity contribution in [3.8, 4) is 0 Å². The molecule has 130 valence electrons. The summed E-state index contributed by atoms with van der Waals surface area (Å²) in [7, 11) is 0. The van der Waals surface area contributed by atoms with E-state index in [1.54, 1.807) is 18.0 Å². The second-order valence-corrected chi connectivity index (χ2v) is 5.99. The van der Waals surface area contributed by atoms with Crippen LogP contribution >= 0.6 is 0 Å². The number of benzene rings is 2. The van der Waals surface area contributed by atoms with Crippen LogP contribution < -0.4 is 9.47 Å². The number of amides is 1. The number of allylic oxidation sites excluding steroid dienone is 2. The average Bonchev–Trinajstić information content (AvgIpc) is 2.68. The minimum Gasteiger partial charge on any atom is -0.288 e. The highest BCUT2D eigenvalue weighted by Crippen LogP contribution is 2.14. The van der Waals surface area contributed by atoms with Crippen LogP contribution in [0, 0.1) is 0 Å². The Kier molecular flexibility index (Phi) is 5.59. The Bertz CT molecular complexity index is 958. The molecule has 3 heteroatoms. The molecule has 0 bridgehead atoms. The number of hydrogen-bond donors (Lipinski definition) is 0. The molecule has 0 aliphatic rings. The number of aromatic nitrogens is 1. The lowest BCUT2D eigenvalue weighted by atomic mass is 10.2. The van der Waals surface area contributed by atoms with Crippen LogP contribution in [0.15, 0.2) is 85.1 Å². The van der Waals surface area contributed by atoms with Crippen LogP contribution in [-0.4, -0.2) is 5.91 Å². The van der Waals surface area contributed by atoms with Gasteiger partial charge in [-0.15, -0.1) is 0 Å². The van der Waals surface area contributed by atoms with Crippen LogP contribution in [0.5, 0.6) is 0 Å². The fraction of sp³-hybridized carbons (Fsp3) is 0.130. The number of rotatable bonds is 5. The van der Waals surface area contributed by atoms with Gasteiger partial charge in [0.15, 0.2) is 0 Å². The topological polar surface area (TPSA) is 24.2 Å². The van der Waals surface area contributed by atoms with E-state index in [9.17, 15) is 4.79 Å². The molecule has 0 atom stereocenters. The first-order chi connectivity index (χ1) is 12.7. The number of nitrogens with zero attached hydrogens (tertiary/aromatic N) is 2. The maximum atomic E-state index is 11.9. The third-order valence-electron chi connectivity index (χ3n) is 4.28. The first kappa shape index (κ1) is 17.6. The number of hydrogen-bond acceptors (Lipinski definition) is 1. The highest BCUT2D eigenvalue weighted by Gasteiger charge is 2.11. The van der Waals surface area contributed by atoms with E-state index in [2.05, 4.69) is 54.0 Å². The molecular weight excluding hydrogens is 320 g/mol. The summed E-state index contributed by atoms with van der Waals surface area (Å²) in [5, 5.41) is 1.23. The molecule has 3 rings (SSSR count). The minimum absolute atomic E-state index is 0.0184. The minimum atomic E-state index is -0.0184. The second kappa shape index (κ2) is 8.26. The van der Waals surface area contributed by atoms with Gasteiger partial charge in [0.2, 0.25) is 17.1 Å². The van der Waals surface area contributed by atoms with Crippen molar-refractivity contribution >= 4 is 28.6 Å². The summed E-state index contributed by atoms with van der Waals surface area (Å²) in [6.45, 7) is 4.61. The normalized spacial score (nSPS) is 11.5. The fourth-order valence-corrected chi connectivity index (χ4v) is 3.03. The molecule has 1 heterocycles. The SMILES string of the molecule is CC[n+]1c(/C=C/C=C/N(C(C)=O)c2ccccc2)ccc2ccccc21. The van der Waals surface area contributed by atoms with Crippen LogP contribution in [0.4, 0.5) is 5.69 Å². The maximum absolute atomic E-state index is 11.9. The molecule has 3 nitrogen and oxygen atoms in total. The quantitative estimate of drug-likeness (QED) is 0.485. The average molecular weight is 343 g/mol. The van der Waals surface area contributed by atoms with Crippen LogP contribution in [0.3, 0.4) is 0 Å². The molecule has 0 aliphatic carbocycles. The van der Waals surface area contributed by atoms with Crippen molar-refractivity contribution in [2.24, 2.45) is 0 Å². The monoisotopic (exact) mass is 343 g/mol. The number of para-hydroxylation sites is 2. The van der Waals surface area contributed by atoms with E-state index in [-0.39, 0.29) is 5.91 Å². The molecule has 0 fully saturated rings. The van der Waals surface area contributed by atoms with Gasteiger partial charge in [0, 0.05) is 42.4 Å². The van der Waals surface area contributed by atoms with Crippen molar-refractivity contribution in [2.75, 3.05) is 4.90 Å². The maximum Gasteiger partial charge on any atom is 0.227 e. The lowest BCUT2D eigenvalue weighted by Crippen LogP contribution is -2.36. The van der Waals surface area contributed by atoms with Gasteiger partial charge in [0.05, 0.1) is 0 Å². The van der Waals surface area contributed by atoms with Gasteiger partial charge in [0.1, 0.15) is 6.54 Å². The van der Waals surface area contributed by atoms with Crippen molar-refractivity contribution in [2.45, 2.75) is 20.4 Å². The van der Waals surface area contributed by atoms with E-state index < -0.39 is 0 Å². The Morgan fingerprint density at radius 1 is 0.962 bits per heavy atom. The van der Waals surface area contributed by atoms with Crippen LogP contribution in [0.2, 0.25) is 0 Å². The zero-order chi connectivity index (χ0) is 18.4. The Balaban J connectivity index is 1.84. The van der Waals surface area contributed by atoms with Crippen molar-refractivity contribution in [1.82, 2.24) is 0 Å². The summed E-state index contributed by atoms with van der Waals surface area (Å²) in [5.74, 6) is -0.0184. The fourth-order valence-electron chi connectivity index (χ4n) is 3.03. The summed E-state index contributed by atoms with van der Waals surface area (Å²) in [6, 6.07) is 22.3. The highest BCUT2D eigenvalue weighted by molar-refractivity contribution is 5.93. The predicted octanol–water partition coefficient (Wildman–Crippen LogP) is 4.73. The first-order valence-corrected chi connectivity index (χ1v) is 8.82. The molecule has 1 amide bonds. The summed E-state index contributed by atoms with van der Waals surface area (Å²) >= 11 is 0. The van der Waals surface area contributed by atoms with E-state index in [1.807, 2.05) is 42.5 Å². The van der Waals surface area contributed by atoms with Gasteiger partial charge in [-0.2, -0.15) is 4.57 Å². The highest BCUT2D eigenvalue weighted by atomic mass is 16.2. The lowest BCUT2D eigenvalue weighted by molar-refractivity contribution is -0.669. The van der Waals surface area contributed by atoms with Gasteiger partial charge >= 0.3 is 0 Å². The van der Waals surface area contributed by atoms with Crippen molar-refractivity contribution in [1.29, 1.82) is 0 Å². The molecule has 2 aromatic carbocycles. The van der Waals surface area contributed by atoms with E-state index in [0.717, 1.165) is 17.9 Å². The van der Waals surface area contributed by atoms with Crippen molar-refractivity contribution in [3.05, 3.63) is 90.8 Å². The van der Waals surface area contributed by atoms with Crippen molar-refractivity contribution in [3.63, 3.8) is 0 Å². The Morgan fingerprint density at radius 3 is 2.42 bits per heavy atom. The van der Waals surface area contributed by atoms with Gasteiger partial charge < -0.3 is 0 Å². The summed E-state index contributed by atoms with van der Waals surface area (Å²) < 4.78 is 2.28. The molecule has 0 N–H and O–H groups in total. The third kappa shape index (κ3) is 3.89. The molecule has 0 spiro atoms. The molecule has 0 aliphatic heterocycles. The zero-order valence-electron chi connectivity index (χ0n) is 15.2. The number of aryl methyl sites for hydroxylation is 1. The van der Waals surface area contributed by atoms with Gasteiger partial charge in [-0.1, -0.05) is 36.4 Å². The zero-order valence-corrected chi connectivity index (χ0v) is 15.2. The molecule has 26 heavy (non-hydrogen) atoms. The number of carbonyl (C=O) groups is 1. The Labute approximate surface area is 154 Å². The van der Waals surface area contributed by atoms with Gasteiger partial charge in [-0.3, -0.25) is 9.69 Å². The lowest BCUT2D eigenvalue weighted by Gasteiger charge is -2.15. The molecule has 0 saturated heterocycles. The predicted molar refractivity (Wildman–Crippen MR) is 108 cm³/mol. The van der Waals surface area contributed by atoms with E-state index in [0.29, 0.717) is 0 Å². The standard InChI is InChI=1S/C23H23N2O/c1-3-24-22(17-16-20-11-7-8-15-23(20)24)14-9-10-18-25(19(2)26)21-12-5-4-6-13-21/h4-18H,3H2,1-2H3/q+1. The molecule has 0 unspecified atom stereocenters. The number of pyridine rings is 1. The van der Waals surface area contributed by atoms with Crippen LogP contribution in [0.25, 0.3) is 17.0 Å². The first-order valence-electron chi connectivity index (χ1n) is 8.82. The number of anilines is 1. The van der Waals surface area contributed by atoms with Gasteiger partial charge in [-0.05, 0) is 37.3 Å². The largest absolute Gasteiger partial charge is 0.288 e. The molecular formula is C23H23N2O+. The van der Waals surface area contributed by atoms with E-state index in [1.165, 1.54) is 10.9 Å². The number of carbonyl (C=O) groups excluding carboxylic acids is 1. The summed E-state index contributed by atoms with van der Waals surface area (Å²) in [5.41, 5.74) is 3.21. The summed E-state index contributed by atoms with van der Waals surface area (Å²) in [4.78, 5) is 13.5. The third-order valence-corrected chi connectivity index (χ3v) is 4.28. The molecule has 0 radical (unpaired) electrons. The Morgan fingerprint density at radius 2 is 1.69 bits per heavy atom. The smallest absolute Gasteiger partial charge is 0.227 e. The second-order valence-electron chi connectivity index (χ2n) is 5.99. The van der Waals surface area contributed by atoms with Crippen LogP contribution in [0.1, 0.15) is 19.5 Å². The van der Waals surface area contributed by atoms with Gasteiger partial charge in [-0.25, -0.2) is 0 Å². The van der Waals surface area contributed by atoms with E-state index in [4.69, 9.17) is 0 Å². The summed E-state index contributed by atoms with van der Waals surface area (Å²) in [6.07, 6.45) is 7.72. The molecule has 0 saturated carbocycles. The van der Waals surface area contributed by atoms with Crippen LogP contribution in [-0.2, 0) is 11.3 Å². The van der Waals surface area contributed by atoms with E-state index >= 15 is 0 Å².